The van der Waals surface area contributed by atoms with Gasteiger partial charge in [-0.05, 0) is 6.42 Å². The standard InChI is InChI=1S/C14H24N8O/c1-4-5-18-12-11-10(20-14(16-3)22-12)9(8-17-6-7-23)19-13(15-2)21-11/h17,23H,4-8H2,1-3H3,(H,15,19,21)(H2,16,18,20,22). The monoisotopic (exact) mass is 320 g/mol. The maximum absolute atomic E-state index is 8.93. The zero-order valence-corrected chi connectivity index (χ0v) is 13.8. The number of fused-ring (bicyclic) bond motifs is 1. The van der Waals surface area contributed by atoms with Crippen molar-refractivity contribution in [2.75, 3.05) is 49.7 Å². The Morgan fingerprint density at radius 3 is 2.26 bits per heavy atom. The molecule has 0 aliphatic heterocycles. The third-order valence-corrected chi connectivity index (χ3v) is 3.19. The topological polar surface area (TPSA) is 120 Å². The summed E-state index contributed by atoms with van der Waals surface area (Å²) in [5, 5.41) is 21.3. The van der Waals surface area contributed by atoms with Gasteiger partial charge in [0.1, 0.15) is 11.0 Å². The van der Waals surface area contributed by atoms with E-state index in [1.54, 1.807) is 14.1 Å². The third kappa shape index (κ3) is 4.14. The predicted octanol–water partition coefficient (Wildman–Crippen LogP) is 0.407. The molecule has 23 heavy (non-hydrogen) atoms. The summed E-state index contributed by atoms with van der Waals surface area (Å²) in [4.78, 5) is 17.9. The van der Waals surface area contributed by atoms with Crippen LogP contribution < -0.4 is 21.3 Å². The van der Waals surface area contributed by atoms with Gasteiger partial charge in [0, 0.05) is 33.7 Å². The van der Waals surface area contributed by atoms with Crippen molar-refractivity contribution in [1.82, 2.24) is 25.3 Å². The molecule has 2 heterocycles. The molecule has 0 bridgehead atoms. The van der Waals surface area contributed by atoms with E-state index >= 15 is 0 Å². The number of nitrogens with zero attached hydrogens (tertiary/aromatic N) is 4. The normalized spacial score (nSPS) is 10.8. The van der Waals surface area contributed by atoms with Crippen LogP contribution in [0, 0.1) is 0 Å². The van der Waals surface area contributed by atoms with Crippen LogP contribution in [-0.2, 0) is 6.54 Å². The molecular weight excluding hydrogens is 296 g/mol. The molecular formula is C14H24N8O. The average Bonchev–Trinajstić information content (AvgIpc) is 2.59. The summed E-state index contributed by atoms with van der Waals surface area (Å²) in [6.07, 6.45) is 0.981. The van der Waals surface area contributed by atoms with Gasteiger partial charge in [-0.3, -0.25) is 0 Å². The molecule has 9 nitrogen and oxygen atoms in total. The first-order valence-corrected chi connectivity index (χ1v) is 7.73. The minimum absolute atomic E-state index is 0.0714. The fourth-order valence-electron chi connectivity index (χ4n) is 2.07. The number of nitrogens with one attached hydrogen (secondary N) is 4. The number of hydrogen-bond donors (Lipinski definition) is 5. The van der Waals surface area contributed by atoms with Crippen molar-refractivity contribution < 1.29 is 5.11 Å². The maximum atomic E-state index is 8.93. The molecule has 0 saturated heterocycles. The number of anilines is 3. The van der Waals surface area contributed by atoms with E-state index in [1.165, 1.54) is 0 Å². The van der Waals surface area contributed by atoms with E-state index in [4.69, 9.17) is 5.11 Å². The molecule has 0 aliphatic carbocycles. The van der Waals surface area contributed by atoms with Gasteiger partial charge in [0.25, 0.3) is 0 Å². The molecule has 0 amide bonds. The lowest BCUT2D eigenvalue weighted by atomic mass is 10.3. The minimum atomic E-state index is 0.0714. The van der Waals surface area contributed by atoms with Crippen LogP contribution in [0.2, 0.25) is 0 Å². The van der Waals surface area contributed by atoms with Gasteiger partial charge in [-0.2, -0.15) is 4.98 Å². The van der Waals surface area contributed by atoms with Crippen LogP contribution >= 0.6 is 0 Å². The molecule has 0 aromatic carbocycles. The Morgan fingerprint density at radius 1 is 0.913 bits per heavy atom. The first-order chi connectivity index (χ1) is 11.2. The summed E-state index contributed by atoms with van der Waals surface area (Å²) >= 11 is 0. The molecule has 0 aliphatic rings. The van der Waals surface area contributed by atoms with Crippen LogP contribution in [0.25, 0.3) is 11.0 Å². The van der Waals surface area contributed by atoms with E-state index in [0.717, 1.165) is 18.7 Å². The highest BCUT2D eigenvalue weighted by atomic mass is 16.3. The number of aliphatic hydroxyl groups excluding tert-OH is 1. The second-order valence-electron chi connectivity index (χ2n) is 4.91. The van der Waals surface area contributed by atoms with Gasteiger partial charge in [-0.1, -0.05) is 6.92 Å². The van der Waals surface area contributed by atoms with Crippen LogP contribution in [0.4, 0.5) is 17.7 Å². The number of hydrogen-bond acceptors (Lipinski definition) is 9. The van der Waals surface area contributed by atoms with Gasteiger partial charge >= 0.3 is 0 Å². The minimum Gasteiger partial charge on any atom is -0.395 e. The Bertz CT molecular complexity index is 648. The van der Waals surface area contributed by atoms with Crippen molar-refractivity contribution in [3.8, 4) is 0 Å². The summed E-state index contributed by atoms with van der Waals surface area (Å²) in [6.45, 7) is 3.94. The Labute approximate surface area is 135 Å². The van der Waals surface area contributed by atoms with Crippen LogP contribution in [0.15, 0.2) is 0 Å². The molecule has 0 unspecified atom stereocenters. The fraction of sp³-hybridized carbons (Fsp3) is 0.571. The zero-order valence-electron chi connectivity index (χ0n) is 13.8. The van der Waals surface area contributed by atoms with Gasteiger partial charge in [-0.15, -0.1) is 0 Å². The van der Waals surface area contributed by atoms with Crippen LogP contribution in [0.3, 0.4) is 0 Å². The highest BCUT2D eigenvalue weighted by Gasteiger charge is 2.15. The van der Waals surface area contributed by atoms with Crippen molar-refractivity contribution in [3.05, 3.63) is 5.69 Å². The lowest BCUT2D eigenvalue weighted by molar-refractivity contribution is 0.292. The van der Waals surface area contributed by atoms with E-state index in [-0.39, 0.29) is 6.61 Å². The highest BCUT2D eigenvalue weighted by molar-refractivity contribution is 5.88. The van der Waals surface area contributed by atoms with Crippen molar-refractivity contribution in [1.29, 1.82) is 0 Å². The Balaban J connectivity index is 2.53. The van der Waals surface area contributed by atoms with E-state index < -0.39 is 0 Å². The third-order valence-electron chi connectivity index (χ3n) is 3.19. The smallest absolute Gasteiger partial charge is 0.225 e. The van der Waals surface area contributed by atoms with E-state index in [1.807, 2.05) is 0 Å². The molecule has 0 fully saturated rings. The molecule has 9 heteroatoms. The van der Waals surface area contributed by atoms with Crippen molar-refractivity contribution in [2.24, 2.45) is 0 Å². The van der Waals surface area contributed by atoms with Crippen molar-refractivity contribution in [2.45, 2.75) is 19.9 Å². The summed E-state index contributed by atoms with van der Waals surface area (Å²) in [7, 11) is 3.55. The molecule has 2 aromatic heterocycles. The lowest BCUT2D eigenvalue weighted by Crippen LogP contribution is -2.20. The Morgan fingerprint density at radius 2 is 1.61 bits per heavy atom. The van der Waals surface area contributed by atoms with Gasteiger partial charge in [-0.25, -0.2) is 15.0 Å². The van der Waals surface area contributed by atoms with Gasteiger partial charge < -0.3 is 26.4 Å². The largest absolute Gasteiger partial charge is 0.395 e. The summed E-state index contributed by atoms with van der Waals surface area (Å²) in [6, 6.07) is 0. The quantitative estimate of drug-likeness (QED) is 0.418. The molecule has 0 spiro atoms. The van der Waals surface area contributed by atoms with Crippen molar-refractivity contribution in [3.63, 3.8) is 0 Å². The second kappa shape index (κ2) is 8.39. The Hall–Kier alpha value is -2.26. The molecule has 126 valence electrons. The van der Waals surface area contributed by atoms with Gasteiger partial charge in [0.05, 0.1) is 12.3 Å². The molecule has 5 N–H and O–H groups in total. The van der Waals surface area contributed by atoms with Crippen LogP contribution in [0.5, 0.6) is 0 Å². The van der Waals surface area contributed by atoms with Crippen LogP contribution in [-0.4, -0.2) is 58.8 Å². The van der Waals surface area contributed by atoms with Crippen molar-refractivity contribution >= 4 is 28.7 Å². The SMILES string of the molecule is CCCNc1nc(NC)nc2c(CNCCO)nc(NC)nc12. The molecule has 0 atom stereocenters. The number of aliphatic hydroxyl groups is 1. The van der Waals surface area contributed by atoms with E-state index in [9.17, 15) is 0 Å². The lowest BCUT2D eigenvalue weighted by Gasteiger charge is -2.13. The summed E-state index contributed by atoms with van der Waals surface area (Å²) < 4.78 is 0. The molecule has 2 rings (SSSR count). The predicted molar refractivity (Wildman–Crippen MR) is 91.8 cm³/mol. The maximum Gasteiger partial charge on any atom is 0.225 e. The van der Waals surface area contributed by atoms with E-state index in [0.29, 0.717) is 41.8 Å². The van der Waals surface area contributed by atoms with Gasteiger partial charge in [0.15, 0.2) is 5.82 Å². The fourth-order valence-corrected chi connectivity index (χ4v) is 2.07. The number of aromatic nitrogens is 4. The van der Waals surface area contributed by atoms with Gasteiger partial charge in [0.2, 0.25) is 11.9 Å². The zero-order chi connectivity index (χ0) is 16.7. The molecule has 0 radical (unpaired) electrons. The average molecular weight is 320 g/mol. The van der Waals surface area contributed by atoms with Crippen LogP contribution in [0.1, 0.15) is 19.0 Å². The Kier molecular flexibility index (Phi) is 6.24. The second-order valence-corrected chi connectivity index (χ2v) is 4.91. The first kappa shape index (κ1) is 17.1. The summed E-state index contributed by atoms with van der Waals surface area (Å²) in [5.41, 5.74) is 2.12. The van der Waals surface area contributed by atoms with E-state index in [2.05, 4.69) is 48.1 Å². The molecule has 2 aromatic rings. The first-order valence-electron chi connectivity index (χ1n) is 7.73. The highest BCUT2D eigenvalue weighted by Crippen LogP contribution is 2.23. The molecule has 0 saturated carbocycles. The number of rotatable bonds is 9. The summed E-state index contributed by atoms with van der Waals surface area (Å²) in [5.74, 6) is 1.71.